The molecule has 5 nitrogen and oxygen atoms in total. The minimum atomic E-state index is -0.251. The average Bonchev–Trinajstić information content (AvgIpc) is 2.88. The van der Waals surface area contributed by atoms with Crippen LogP contribution in [0.2, 0.25) is 0 Å². The normalized spacial score (nSPS) is 15.7. The molecule has 1 aliphatic rings. The third kappa shape index (κ3) is 3.39. The van der Waals surface area contributed by atoms with E-state index >= 15 is 0 Å². The Morgan fingerprint density at radius 3 is 2.65 bits per heavy atom. The number of anilines is 1. The van der Waals surface area contributed by atoms with Crippen molar-refractivity contribution in [1.82, 2.24) is 4.98 Å². The van der Waals surface area contributed by atoms with Gasteiger partial charge in [-0.05, 0) is 45.0 Å². The molecule has 1 amide bonds. The lowest BCUT2D eigenvalue weighted by Gasteiger charge is -2.10. The number of nitrogens with one attached hydrogen (secondary N) is 1. The molecule has 0 radical (unpaired) electrons. The molecule has 5 heteroatoms. The highest BCUT2D eigenvalue weighted by atomic mass is 16.5. The van der Waals surface area contributed by atoms with Gasteiger partial charge in [0.05, 0.1) is 16.8 Å². The van der Waals surface area contributed by atoms with Gasteiger partial charge >= 0.3 is 0 Å². The van der Waals surface area contributed by atoms with Crippen LogP contribution in [-0.4, -0.2) is 28.9 Å². The molecule has 1 N–H and O–H groups in total. The fourth-order valence-corrected chi connectivity index (χ4v) is 2.36. The summed E-state index contributed by atoms with van der Waals surface area (Å²) in [6, 6.07) is 12.8. The SMILES string of the molecule is Cc1cccc(C(=O)Nc2ccccc2C2=NC(C)(C)CO2)n1. The summed E-state index contributed by atoms with van der Waals surface area (Å²) < 4.78 is 5.68. The predicted molar refractivity (Wildman–Crippen MR) is 89.9 cm³/mol. The van der Waals surface area contributed by atoms with Crippen LogP contribution in [0.1, 0.15) is 35.6 Å². The average molecular weight is 309 g/mol. The second kappa shape index (κ2) is 5.83. The van der Waals surface area contributed by atoms with Crippen molar-refractivity contribution in [3.8, 4) is 0 Å². The van der Waals surface area contributed by atoms with Gasteiger partial charge in [-0.25, -0.2) is 9.98 Å². The zero-order chi connectivity index (χ0) is 16.4. The minimum absolute atomic E-state index is 0.245. The first-order valence-electron chi connectivity index (χ1n) is 7.52. The summed E-state index contributed by atoms with van der Waals surface area (Å²) in [7, 11) is 0. The summed E-state index contributed by atoms with van der Waals surface area (Å²) in [5.41, 5.74) is 2.38. The monoisotopic (exact) mass is 309 g/mol. The van der Waals surface area contributed by atoms with Gasteiger partial charge in [0.2, 0.25) is 5.90 Å². The van der Waals surface area contributed by atoms with E-state index in [1.807, 2.05) is 57.2 Å². The number of ether oxygens (including phenoxy) is 1. The van der Waals surface area contributed by atoms with E-state index in [-0.39, 0.29) is 11.4 Å². The molecule has 3 rings (SSSR count). The highest BCUT2D eigenvalue weighted by Gasteiger charge is 2.28. The number of aryl methyl sites for hydroxylation is 1. The summed E-state index contributed by atoms with van der Waals surface area (Å²) in [6.07, 6.45) is 0. The first-order valence-corrected chi connectivity index (χ1v) is 7.52. The van der Waals surface area contributed by atoms with Crippen LogP contribution in [0.5, 0.6) is 0 Å². The number of hydrogen-bond acceptors (Lipinski definition) is 4. The fraction of sp³-hybridized carbons (Fsp3) is 0.278. The number of amides is 1. The molecule has 0 saturated heterocycles. The molecule has 2 aromatic rings. The molecule has 0 bridgehead atoms. The Morgan fingerprint density at radius 1 is 1.17 bits per heavy atom. The third-order valence-corrected chi connectivity index (χ3v) is 3.49. The number of carbonyl (C=O) groups excluding carboxylic acids is 1. The quantitative estimate of drug-likeness (QED) is 0.947. The van der Waals surface area contributed by atoms with E-state index in [1.165, 1.54) is 0 Å². The van der Waals surface area contributed by atoms with Crippen LogP contribution in [0.15, 0.2) is 47.5 Å². The molecular formula is C18H19N3O2. The Balaban J connectivity index is 1.88. The Hall–Kier alpha value is -2.69. The summed E-state index contributed by atoms with van der Waals surface area (Å²) in [5.74, 6) is 0.308. The van der Waals surface area contributed by atoms with Crippen molar-refractivity contribution in [3.63, 3.8) is 0 Å². The number of para-hydroxylation sites is 1. The molecule has 118 valence electrons. The van der Waals surface area contributed by atoms with Crippen LogP contribution >= 0.6 is 0 Å². The van der Waals surface area contributed by atoms with Gasteiger partial charge in [-0.3, -0.25) is 4.79 Å². The Kier molecular flexibility index (Phi) is 3.86. The van der Waals surface area contributed by atoms with Crippen LogP contribution in [-0.2, 0) is 4.74 Å². The van der Waals surface area contributed by atoms with Crippen molar-refractivity contribution in [3.05, 3.63) is 59.4 Å². The van der Waals surface area contributed by atoms with Crippen LogP contribution in [0, 0.1) is 6.92 Å². The van der Waals surface area contributed by atoms with Crippen LogP contribution in [0.4, 0.5) is 5.69 Å². The van der Waals surface area contributed by atoms with Gasteiger partial charge in [0.15, 0.2) is 0 Å². The zero-order valence-electron chi connectivity index (χ0n) is 13.5. The lowest BCUT2D eigenvalue weighted by Crippen LogP contribution is -2.17. The Labute approximate surface area is 135 Å². The molecule has 0 aliphatic carbocycles. The van der Waals surface area contributed by atoms with Gasteiger partial charge in [0.25, 0.3) is 5.91 Å². The van der Waals surface area contributed by atoms with Crippen molar-refractivity contribution < 1.29 is 9.53 Å². The second-order valence-electron chi connectivity index (χ2n) is 6.18. The maximum atomic E-state index is 12.4. The molecule has 0 fully saturated rings. The van der Waals surface area contributed by atoms with Gasteiger partial charge in [0, 0.05) is 5.69 Å². The van der Waals surface area contributed by atoms with E-state index in [4.69, 9.17) is 4.74 Å². The van der Waals surface area contributed by atoms with E-state index < -0.39 is 0 Å². The summed E-state index contributed by atoms with van der Waals surface area (Å²) in [6.45, 7) is 6.41. The van der Waals surface area contributed by atoms with Crippen LogP contribution < -0.4 is 5.32 Å². The maximum Gasteiger partial charge on any atom is 0.274 e. The summed E-state index contributed by atoms with van der Waals surface area (Å²) in [5, 5.41) is 2.90. The topological polar surface area (TPSA) is 63.6 Å². The lowest BCUT2D eigenvalue weighted by molar-refractivity contribution is 0.102. The van der Waals surface area contributed by atoms with Crippen LogP contribution in [0.3, 0.4) is 0 Å². The van der Waals surface area contributed by atoms with E-state index in [9.17, 15) is 4.79 Å². The number of hydrogen-bond donors (Lipinski definition) is 1. The van der Waals surface area contributed by atoms with Gasteiger partial charge in [-0.2, -0.15) is 0 Å². The van der Waals surface area contributed by atoms with E-state index in [1.54, 1.807) is 6.07 Å². The Morgan fingerprint density at radius 2 is 1.96 bits per heavy atom. The third-order valence-electron chi connectivity index (χ3n) is 3.49. The van der Waals surface area contributed by atoms with Crippen LogP contribution in [0.25, 0.3) is 0 Å². The summed E-state index contributed by atoms with van der Waals surface area (Å²) >= 11 is 0. The molecule has 1 aromatic carbocycles. The number of aliphatic imine (C=N–C) groups is 1. The van der Waals surface area contributed by atoms with Gasteiger partial charge in [0.1, 0.15) is 12.3 Å². The molecule has 23 heavy (non-hydrogen) atoms. The van der Waals surface area contributed by atoms with Crippen molar-refractivity contribution in [2.24, 2.45) is 4.99 Å². The first-order chi connectivity index (χ1) is 10.9. The fourth-order valence-electron chi connectivity index (χ4n) is 2.36. The number of benzene rings is 1. The van der Waals surface area contributed by atoms with Crippen molar-refractivity contribution in [2.75, 3.05) is 11.9 Å². The molecule has 0 atom stereocenters. The number of aromatic nitrogens is 1. The van der Waals surface area contributed by atoms with E-state index in [0.29, 0.717) is 23.9 Å². The zero-order valence-corrected chi connectivity index (χ0v) is 13.5. The summed E-state index contributed by atoms with van der Waals surface area (Å²) in [4.78, 5) is 21.2. The van der Waals surface area contributed by atoms with E-state index in [2.05, 4.69) is 15.3 Å². The van der Waals surface area contributed by atoms with Gasteiger partial charge in [-0.1, -0.05) is 18.2 Å². The molecular weight excluding hydrogens is 290 g/mol. The first kappa shape index (κ1) is 15.2. The smallest absolute Gasteiger partial charge is 0.274 e. The number of carbonyl (C=O) groups is 1. The van der Waals surface area contributed by atoms with E-state index in [0.717, 1.165) is 11.3 Å². The highest BCUT2D eigenvalue weighted by Crippen LogP contribution is 2.25. The number of nitrogens with zero attached hydrogens (tertiary/aromatic N) is 2. The molecule has 0 spiro atoms. The maximum absolute atomic E-state index is 12.4. The molecule has 2 heterocycles. The Bertz CT molecular complexity index is 781. The lowest BCUT2D eigenvalue weighted by atomic mass is 10.1. The predicted octanol–water partition coefficient (Wildman–Crippen LogP) is 3.20. The molecule has 1 aliphatic heterocycles. The van der Waals surface area contributed by atoms with Crippen molar-refractivity contribution in [2.45, 2.75) is 26.3 Å². The number of pyridine rings is 1. The number of rotatable bonds is 3. The van der Waals surface area contributed by atoms with Crippen molar-refractivity contribution in [1.29, 1.82) is 0 Å². The minimum Gasteiger partial charge on any atom is -0.475 e. The largest absolute Gasteiger partial charge is 0.475 e. The second-order valence-corrected chi connectivity index (χ2v) is 6.18. The van der Waals surface area contributed by atoms with Gasteiger partial charge < -0.3 is 10.1 Å². The molecule has 0 unspecified atom stereocenters. The standard InChI is InChI=1S/C18H19N3O2/c1-12-7-6-10-15(19-12)16(22)20-14-9-5-4-8-13(14)17-21-18(2,3)11-23-17/h4-10H,11H2,1-3H3,(H,20,22). The van der Waals surface area contributed by atoms with Crippen molar-refractivity contribution >= 4 is 17.5 Å². The van der Waals surface area contributed by atoms with Gasteiger partial charge in [-0.15, -0.1) is 0 Å². The molecule has 0 saturated carbocycles. The highest BCUT2D eigenvalue weighted by molar-refractivity contribution is 6.08. The molecule has 1 aromatic heterocycles.